The van der Waals surface area contributed by atoms with Crippen LogP contribution in [-0.4, -0.2) is 75.5 Å². The number of thiazole rings is 1. The van der Waals surface area contributed by atoms with Crippen LogP contribution >= 0.6 is 19.2 Å². The summed E-state index contributed by atoms with van der Waals surface area (Å²) in [5.74, 6) is 0.883. The van der Waals surface area contributed by atoms with Crippen LogP contribution in [0.1, 0.15) is 24.1 Å². The van der Waals surface area contributed by atoms with Gasteiger partial charge in [-0.3, -0.25) is 9.32 Å². The third kappa shape index (κ3) is 9.39. The molecule has 0 spiro atoms. The second-order valence-electron chi connectivity index (χ2n) is 10.5. The van der Waals surface area contributed by atoms with E-state index in [4.69, 9.17) is 19.3 Å². The lowest BCUT2D eigenvalue weighted by molar-refractivity contribution is -0.115. The fourth-order valence-electron chi connectivity index (χ4n) is 4.95. The van der Waals surface area contributed by atoms with Crippen molar-refractivity contribution in [1.82, 2.24) is 19.9 Å². The summed E-state index contributed by atoms with van der Waals surface area (Å²) >= 11 is 1.29. The quantitative estimate of drug-likeness (QED) is 0.108. The van der Waals surface area contributed by atoms with Gasteiger partial charge in [0.1, 0.15) is 18.0 Å². The third-order valence-corrected chi connectivity index (χ3v) is 8.64. The summed E-state index contributed by atoms with van der Waals surface area (Å²) in [5, 5.41) is 6.99. The van der Waals surface area contributed by atoms with Gasteiger partial charge in [-0.1, -0.05) is 12.1 Å². The summed E-state index contributed by atoms with van der Waals surface area (Å²) in [6.45, 7) is 3.04. The Bertz CT molecular complexity index is 1660. The largest absolute Gasteiger partial charge is 0.493 e. The Labute approximate surface area is 263 Å². The fourth-order valence-corrected chi connectivity index (χ4v) is 6.16. The number of likely N-dealkylation sites (tertiary alicyclic amines) is 1. The average molecular weight is 661 g/mol. The number of hydrogen-bond acceptors (Lipinski definition) is 11. The SMILES string of the molecule is COc1cc2c(Nc3ncc(CC(=O)Nc4ccccc4F)s3)ncnc2cc1OCCCN1CCC(COP(=O)(O)O)CC1. The Morgan fingerprint density at radius 2 is 1.96 bits per heavy atom. The molecule has 4 N–H and O–H groups in total. The first-order chi connectivity index (χ1) is 21.7. The zero-order chi connectivity index (χ0) is 31.8. The zero-order valence-corrected chi connectivity index (χ0v) is 26.2. The molecular weight excluding hydrogens is 626 g/mol. The molecule has 2 aromatic carbocycles. The molecule has 1 aliphatic heterocycles. The number of piperidine rings is 1. The number of methoxy groups -OCH3 is 1. The summed E-state index contributed by atoms with van der Waals surface area (Å²) in [7, 11) is -2.87. The van der Waals surface area contributed by atoms with Gasteiger partial charge in [-0.25, -0.2) is 23.9 Å². The van der Waals surface area contributed by atoms with E-state index in [1.54, 1.807) is 37.6 Å². The molecule has 4 aromatic rings. The number of benzene rings is 2. The number of rotatable bonds is 14. The minimum absolute atomic E-state index is 0.0410. The van der Waals surface area contributed by atoms with Crippen LogP contribution in [0, 0.1) is 11.7 Å². The molecule has 5 rings (SSSR count). The molecule has 1 aliphatic rings. The van der Waals surface area contributed by atoms with Crippen molar-refractivity contribution >= 4 is 52.6 Å². The van der Waals surface area contributed by atoms with Gasteiger partial charge in [0.05, 0.1) is 37.9 Å². The summed E-state index contributed by atoms with van der Waals surface area (Å²) < 4.78 is 41.1. The summed E-state index contributed by atoms with van der Waals surface area (Å²) in [6, 6.07) is 9.59. The van der Waals surface area contributed by atoms with Gasteiger partial charge in [-0.2, -0.15) is 0 Å². The van der Waals surface area contributed by atoms with Gasteiger partial charge < -0.3 is 34.8 Å². The van der Waals surface area contributed by atoms with Crippen LogP contribution in [0.3, 0.4) is 0 Å². The number of carbonyl (C=O) groups excluding carboxylic acids is 1. The summed E-state index contributed by atoms with van der Waals surface area (Å²) in [4.78, 5) is 46.3. The number of fused-ring (bicyclic) bond motifs is 1. The van der Waals surface area contributed by atoms with E-state index in [0.717, 1.165) is 38.9 Å². The Kier molecular flexibility index (Phi) is 10.9. The van der Waals surface area contributed by atoms with Crippen molar-refractivity contribution in [3.8, 4) is 11.5 Å². The molecule has 16 heteroatoms. The molecule has 0 bridgehead atoms. The predicted molar refractivity (Wildman–Crippen MR) is 167 cm³/mol. The lowest BCUT2D eigenvalue weighted by atomic mass is 9.98. The van der Waals surface area contributed by atoms with E-state index < -0.39 is 13.6 Å². The Hall–Kier alpha value is -3.72. The summed E-state index contributed by atoms with van der Waals surface area (Å²) in [5.41, 5.74) is 0.769. The van der Waals surface area contributed by atoms with E-state index >= 15 is 0 Å². The van der Waals surface area contributed by atoms with Crippen LogP contribution < -0.4 is 20.1 Å². The lowest BCUT2D eigenvalue weighted by Gasteiger charge is -2.31. The minimum atomic E-state index is -4.43. The van der Waals surface area contributed by atoms with Gasteiger partial charge in [-0.15, -0.1) is 11.3 Å². The number of aromatic nitrogens is 3. The molecule has 2 aromatic heterocycles. The van der Waals surface area contributed by atoms with Crippen molar-refractivity contribution in [2.75, 3.05) is 50.6 Å². The number of nitrogens with zero attached hydrogens (tertiary/aromatic N) is 4. The van der Waals surface area contributed by atoms with E-state index in [-0.39, 0.29) is 30.5 Å². The average Bonchev–Trinajstić information content (AvgIpc) is 3.45. The third-order valence-electron chi connectivity index (χ3n) is 7.24. The highest BCUT2D eigenvalue weighted by molar-refractivity contribution is 7.46. The van der Waals surface area contributed by atoms with E-state index in [2.05, 4.69) is 35.0 Å². The van der Waals surface area contributed by atoms with E-state index in [1.807, 2.05) is 0 Å². The number of para-hydroxylation sites is 1. The molecule has 240 valence electrons. The lowest BCUT2D eigenvalue weighted by Crippen LogP contribution is -2.36. The number of carbonyl (C=O) groups is 1. The molecule has 13 nitrogen and oxygen atoms in total. The van der Waals surface area contributed by atoms with Crippen LogP contribution in [0.5, 0.6) is 11.5 Å². The first kappa shape index (κ1) is 32.7. The Balaban J connectivity index is 1.14. The van der Waals surface area contributed by atoms with Crippen molar-refractivity contribution in [3.05, 3.63) is 59.6 Å². The number of nitrogens with one attached hydrogen (secondary N) is 2. The Morgan fingerprint density at radius 3 is 2.71 bits per heavy atom. The van der Waals surface area contributed by atoms with E-state index in [1.165, 1.54) is 29.8 Å². The van der Waals surface area contributed by atoms with Gasteiger partial charge >= 0.3 is 7.82 Å². The Morgan fingerprint density at radius 1 is 1.16 bits per heavy atom. The smallest absolute Gasteiger partial charge is 0.469 e. The highest BCUT2D eigenvalue weighted by Gasteiger charge is 2.23. The zero-order valence-electron chi connectivity index (χ0n) is 24.5. The number of halogens is 1. The van der Waals surface area contributed by atoms with Crippen LogP contribution in [0.15, 0.2) is 48.9 Å². The molecule has 0 aliphatic carbocycles. The highest BCUT2D eigenvalue weighted by atomic mass is 32.1. The molecule has 0 radical (unpaired) electrons. The number of anilines is 3. The molecule has 45 heavy (non-hydrogen) atoms. The van der Waals surface area contributed by atoms with Crippen molar-refractivity contribution in [1.29, 1.82) is 0 Å². The standard InChI is InChI=1S/C29H34FN6O7PS/c1-41-25-14-21-24(15-26(25)42-12-4-9-36-10-7-19(8-11-36)17-43-44(38,39)40)32-18-33-28(21)35-29-31-16-20(45-29)13-27(37)34-23-6-3-2-5-22(23)30/h2-3,5-6,14-16,18-19H,4,7-13,17H2,1H3,(H,34,37)(H2,38,39,40)(H,31,32,33,35). The number of amides is 1. The van der Waals surface area contributed by atoms with Crippen molar-refractivity contribution in [2.45, 2.75) is 25.7 Å². The molecule has 1 amide bonds. The normalized spacial score (nSPS) is 14.4. The maximum absolute atomic E-state index is 13.9. The van der Waals surface area contributed by atoms with Gasteiger partial charge in [0, 0.05) is 29.1 Å². The van der Waals surface area contributed by atoms with Gasteiger partial charge in [0.25, 0.3) is 0 Å². The second kappa shape index (κ2) is 15.0. The fraction of sp³-hybridized carbons (Fsp3) is 0.379. The summed E-state index contributed by atoms with van der Waals surface area (Å²) in [6.07, 6.45) is 5.50. The second-order valence-corrected chi connectivity index (χ2v) is 12.8. The molecule has 0 unspecified atom stereocenters. The van der Waals surface area contributed by atoms with E-state index in [0.29, 0.717) is 44.8 Å². The van der Waals surface area contributed by atoms with Crippen LogP contribution in [0.2, 0.25) is 0 Å². The van der Waals surface area contributed by atoms with E-state index in [9.17, 15) is 13.8 Å². The highest BCUT2D eigenvalue weighted by Crippen LogP contribution is 2.38. The molecule has 1 saturated heterocycles. The number of ether oxygens (including phenoxy) is 2. The van der Waals surface area contributed by atoms with Crippen LogP contribution in [0.25, 0.3) is 10.9 Å². The number of phosphoric acid groups is 1. The first-order valence-electron chi connectivity index (χ1n) is 14.3. The van der Waals surface area contributed by atoms with Crippen molar-refractivity contribution in [3.63, 3.8) is 0 Å². The van der Waals surface area contributed by atoms with Gasteiger partial charge in [-0.05, 0) is 56.5 Å². The molecule has 3 heterocycles. The van der Waals surface area contributed by atoms with Crippen molar-refractivity contribution in [2.24, 2.45) is 5.92 Å². The monoisotopic (exact) mass is 660 g/mol. The van der Waals surface area contributed by atoms with Crippen LogP contribution in [-0.2, 0) is 20.3 Å². The maximum atomic E-state index is 13.9. The predicted octanol–water partition coefficient (Wildman–Crippen LogP) is 4.75. The number of hydrogen-bond donors (Lipinski definition) is 4. The topological polar surface area (TPSA) is 168 Å². The minimum Gasteiger partial charge on any atom is -0.493 e. The first-order valence-corrected chi connectivity index (χ1v) is 16.7. The molecule has 1 fully saturated rings. The molecule has 0 atom stereocenters. The van der Waals surface area contributed by atoms with Gasteiger partial charge in [0.2, 0.25) is 5.91 Å². The maximum Gasteiger partial charge on any atom is 0.469 e. The molecule has 0 saturated carbocycles. The molecular formula is C29H34FN6O7PS. The number of phosphoric ester groups is 1. The van der Waals surface area contributed by atoms with Gasteiger partial charge in [0.15, 0.2) is 16.6 Å². The van der Waals surface area contributed by atoms with Crippen LogP contribution in [0.4, 0.5) is 21.0 Å². The van der Waals surface area contributed by atoms with Crippen molar-refractivity contribution < 1.29 is 37.5 Å².